The van der Waals surface area contributed by atoms with E-state index in [-0.39, 0.29) is 0 Å². The highest BCUT2D eigenvalue weighted by atomic mass is 32.2. The van der Waals surface area contributed by atoms with Crippen molar-refractivity contribution >= 4 is 54.8 Å². The number of ether oxygens (including phenoxy) is 1. The van der Waals surface area contributed by atoms with Gasteiger partial charge in [0, 0.05) is 29.7 Å². The highest BCUT2D eigenvalue weighted by molar-refractivity contribution is 7.92. The topological polar surface area (TPSA) is 122 Å². The summed E-state index contributed by atoms with van der Waals surface area (Å²) >= 11 is 1.53. The van der Waals surface area contributed by atoms with E-state index in [1.807, 2.05) is 23.6 Å². The monoisotopic (exact) mass is 483 g/mol. The Kier molecular flexibility index (Phi) is 5.79. The fourth-order valence-corrected chi connectivity index (χ4v) is 4.95. The Balaban J connectivity index is 1.39. The second-order valence-corrected chi connectivity index (χ2v) is 10.2. The number of hydrogen-bond acceptors (Lipinski definition) is 10. The zero-order valence-electron chi connectivity index (χ0n) is 17.7. The van der Waals surface area contributed by atoms with Crippen LogP contribution in [0.25, 0.3) is 21.3 Å². The highest BCUT2D eigenvalue weighted by Crippen LogP contribution is 2.34. The van der Waals surface area contributed by atoms with Crippen LogP contribution in [0.1, 0.15) is 0 Å². The molecule has 0 bridgehead atoms. The summed E-state index contributed by atoms with van der Waals surface area (Å²) < 4.78 is 32.0. The first-order valence-corrected chi connectivity index (χ1v) is 13.0. The summed E-state index contributed by atoms with van der Waals surface area (Å²) in [5, 5.41) is 13.7. The summed E-state index contributed by atoms with van der Waals surface area (Å²) in [5.74, 6) is 1.76. The van der Waals surface area contributed by atoms with E-state index in [0.29, 0.717) is 30.7 Å². The molecule has 5 rings (SSSR count). The van der Waals surface area contributed by atoms with Gasteiger partial charge < -0.3 is 15.0 Å². The van der Waals surface area contributed by atoms with Crippen LogP contribution in [0.5, 0.6) is 0 Å². The Bertz CT molecular complexity index is 1380. The fraction of sp³-hybridized carbons (Fsp3) is 0.238. The molecular formula is C21H21N7O3S2. The van der Waals surface area contributed by atoms with Crippen LogP contribution in [0.15, 0.2) is 48.0 Å². The van der Waals surface area contributed by atoms with Crippen LogP contribution in [0.4, 0.5) is 23.3 Å². The molecule has 0 radical (unpaired) electrons. The summed E-state index contributed by atoms with van der Waals surface area (Å²) in [5.41, 5.74) is 3.02. The van der Waals surface area contributed by atoms with E-state index in [4.69, 9.17) is 4.74 Å². The predicted molar refractivity (Wildman–Crippen MR) is 130 cm³/mol. The van der Waals surface area contributed by atoms with E-state index in [1.165, 1.54) is 11.3 Å². The largest absolute Gasteiger partial charge is 0.378 e. The lowest BCUT2D eigenvalue weighted by atomic mass is 10.1. The molecule has 0 atom stereocenters. The number of rotatable bonds is 6. The van der Waals surface area contributed by atoms with Gasteiger partial charge in [0.05, 0.1) is 35.9 Å². The van der Waals surface area contributed by atoms with Crippen molar-refractivity contribution in [1.82, 2.24) is 20.2 Å². The molecule has 0 aliphatic carbocycles. The molecule has 1 aromatic carbocycles. The third-order valence-electron chi connectivity index (χ3n) is 5.02. The van der Waals surface area contributed by atoms with Crippen LogP contribution >= 0.6 is 11.3 Å². The summed E-state index contributed by atoms with van der Waals surface area (Å²) in [4.78, 5) is 11.2. The zero-order valence-corrected chi connectivity index (χ0v) is 19.4. The van der Waals surface area contributed by atoms with Crippen molar-refractivity contribution in [3.05, 3.63) is 48.0 Å². The Labute approximate surface area is 194 Å². The van der Waals surface area contributed by atoms with E-state index in [9.17, 15) is 8.42 Å². The van der Waals surface area contributed by atoms with Crippen LogP contribution in [0.3, 0.4) is 0 Å². The zero-order chi connectivity index (χ0) is 22.8. The van der Waals surface area contributed by atoms with Gasteiger partial charge in [0.2, 0.25) is 16.0 Å². The maximum Gasteiger partial charge on any atom is 0.229 e. The summed E-state index contributed by atoms with van der Waals surface area (Å²) in [6.07, 6.45) is 2.88. The molecule has 33 heavy (non-hydrogen) atoms. The lowest BCUT2D eigenvalue weighted by molar-refractivity contribution is 0.122. The van der Waals surface area contributed by atoms with Gasteiger partial charge in [0.15, 0.2) is 11.6 Å². The van der Waals surface area contributed by atoms with Gasteiger partial charge in [-0.1, -0.05) is 12.1 Å². The maximum absolute atomic E-state index is 11.6. The quantitative estimate of drug-likeness (QED) is 0.426. The first-order valence-electron chi connectivity index (χ1n) is 10.2. The minimum atomic E-state index is -3.36. The van der Waals surface area contributed by atoms with Crippen molar-refractivity contribution in [2.45, 2.75) is 0 Å². The van der Waals surface area contributed by atoms with Crippen molar-refractivity contribution in [2.75, 3.05) is 47.5 Å². The molecule has 0 spiro atoms. The number of hydrogen-bond donors (Lipinski definition) is 2. The molecule has 4 heterocycles. The van der Waals surface area contributed by atoms with Crippen LogP contribution in [-0.4, -0.2) is 61.1 Å². The van der Waals surface area contributed by atoms with Gasteiger partial charge in [-0.15, -0.1) is 21.5 Å². The number of thiophene rings is 1. The van der Waals surface area contributed by atoms with Gasteiger partial charge >= 0.3 is 0 Å². The number of fused-ring (bicyclic) bond motifs is 1. The Morgan fingerprint density at radius 3 is 2.73 bits per heavy atom. The number of anilines is 4. The number of morpholine rings is 1. The third-order valence-corrected chi connectivity index (χ3v) is 6.53. The smallest absolute Gasteiger partial charge is 0.229 e. The first-order chi connectivity index (χ1) is 15.9. The van der Waals surface area contributed by atoms with E-state index >= 15 is 0 Å². The second-order valence-electron chi connectivity index (χ2n) is 7.51. The van der Waals surface area contributed by atoms with Gasteiger partial charge in [0.1, 0.15) is 0 Å². The van der Waals surface area contributed by atoms with E-state index < -0.39 is 10.0 Å². The number of sulfonamides is 1. The van der Waals surface area contributed by atoms with Crippen LogP contribution in [-0.2, 0) is 14.8 Å². The van der Waals surface area contributed by atoms with Gasteiger partial charge in [-0.3, -0.25) is 4.72 Å². The molecule has 1 aliphatic rings. The van der Waals surface area contributed by atoms with Crippen molar-refractivity contribution < 1.29 is 13.2 Å². The molecule has 3 aromatic heterocycles. The second kappa shape index (κ2) is 8.89. The van der Waals surface area contributed by atoms with Crippen molar-refractivity contribution in [1.29, 1.82) is 0 Å². The Hall–Kier alpha value is -3.35. The lowest BCUT2D eigenvalue weighted by Gasteiger charge is -2.27. The average Bonchev–Trinajstić information content (AvgIpc) is 3.23. The summed E-state index contributed by atoms with van der Waals surface area (Å²) in [7, 11) is -3.36. The van der Waals surface area contributed by atoms with Crippen LogP contribution in [0.2, 0.25) is 0 Å². The minimum Gasteiger partial charge on any atom is -0.378 e. The average molecular weight is 484 g/mol. The van der Waals surface area contributed by atoms with E-state index in [1.54, 1.807) is 24.4 Å². The van der Waals surface area contributed by atoms with Gasteiger partial charge in [-0.25, -0.2) is 18.4 Å². The first kappa shape index (κ1) is 21.5. The maximum atomic E-state index is 11.6. The number of benzene rings is 1. The predicted octanol–water partition coefficient (Wildman–Crippen LogP) is 3.10. The molecule has 170 valence electrons. The van der Waals surface area contributed by atoms with Crippen molar-refractivity contribution in [3.63, 3.8) is 0 Å². The van der Waals surface area contributed by atoms with Crippen LogP contribution in [0, 0.1) is 0 Å². The Morgan fingerprint density at radius 1 is 1.12 bits per heavy atom. The highest BCUT2D eigenvalue weighted by Gasteiger charge is 2.14. The summed E-state index contributed by atoms with van der Waals surface area (Å²) in [6.45, 7) is 2.96. The molecule has 1 fully saturated rings. The van der Waals surface area contributed by atoms with Crippen molar-refractivity contribution in [3.8, 4) is 11.1 Å². The third kappa shape index (κ3) is 5.02. The molecule has 4 aromatic rings. The lowest BCUT2D eigenvalue weighted by Crippen LogP contribution is -2.36. The van der Waals surface area contributed by atoms with Crippen molar-refractivity contribution in [2.24, 2.45) is 0 Å². The molecule has 2 N–H and O–H groups in total. The Morgan fingerprint density at radius 2 is 1.97 bits per heavy atom. The molecule has 0 amide bonds. The molecule has 0 unspecified atom stereocenters. The fourth-order valence-electron chi connectivity index (χ4n) is 3.53. The number of nitrogens with one attached hydrogen (secondary N) is 2. The minimum absolute atomic E-state index is 0.404. The molecule has 12 heteroatoms. The van der Waals surface area contributed by atoms with Gasteiger partial charge in [0.25, 0.3) is 0 Å². The number of nitrogens with zero attached hydrogens (tertiary/aromatic N) is 5. The molecular weight excluding hydrogens is 462 g/mol. The molecule has 10 nitrogen and oxygen atoms in total. The van der Waals surface area contributed by atoms with Gasteiger partial charge in [-0.05, 0) is 29.8 Å². The van der Waals surface area contributed by atoms with Crippen LogP contribution < -0.4 is 14.9 Å². The molecule has 1 saturated heterocycles. The molecule has 1 aliphatic heterocycles. The normalized spacial score (nSPS) is 14.4. The summed E-state index contributed by atoms with van der Waals surface area (Å²) in [6, 6.07) is 11.0. The SMILES string of the molecule is CS(=O)(=O)Nc1cccc(-c2csc3cnc(Nc4ccc(N5CCOCC5)nn4)nc23)c1. The standard InChI is InChI=1S/C21H21N7O3S2/c1-33(29,30)27-15-4-2-3-14(11-15)16-13-32-17-12-22-21(24-20(16)17)23-18-5-6-19(26-25-18)28-7-9-31-10-8-28/h2-6,11-13,27H,7-10H2,1H3,(H,22,23,24,25). The van der Waals surface area contributed by atoms with E-state index in [2.05, 4.69) is 35.1 Å². The van der Waals surface area contributed by atoms with Gasteiger partial charge in [-0.2, -0.15) is 0 Å². The van der Waals surface area contributed by atoms with E-state index in [0.717, 1.165) is 46.5 Å². The number of aromatic nitrogens is 4. The molecule has 0 saturated carbocycles.